The van der Waals surface area contributed by atoms with Gasteiger partial charge in [0.15, 0.2) is 5.78 Å². The first-order chi connectivity index (χ1) is 9.00. The molecule has 0 atom stereocenters. The molecule has 0 aromatic rings. The zero-order valence-corrected chi connectivity index (χ0v) is 12.5. The third kappa shape index (κ3) is 4.42. The number of hydrogen-bond donors (Lipinski definition) is 1. The largest absolute Gasteiger partial charge is 0.444 e. The molecule has 0 radical (unpaired) electrons. The molecule has 6 heteroatoms. The number of ether oxygens (including phenoxy) is 1. The first-order valence-corrected chi connectivity index (χ1v) is 6.92. The molecule has 1 aliphatic rings. The number of nitrogens with one attached hydrogen (secondary N) is 1. The Labute approximate surface area is 118 Å². The SMILES string of the molecule is CCC(=O)C1(NC(=O)OC(C)(C)C)CCC(F)(F)CC1. The van der Waals surface area contributed by atoms with Gasteiger partial charge < -0.3 is 10.1 Å². The second kappa shape index (κ2) is 5.66. The van der Waals surface area contributed by atoms with Crippen LogP contribution in [0.4, 0.5) is 13.6 Å². The fraction of sp³-hybridized carbons (Fsp3) is 0.857. The van der Waals surface area contributed by atoms with Crippen molar-refractivity contribution in [2.45, 2.75) is 76.9 Å². The third-order valence-corrected chi connectivity index (χ3v) is 3.43. The van der Waals surface area contributed by atoms with Gasteiger partial charge in [0, 0.05) is 19.3 Å². The van der Waals surface area contributed by atoms with Crippen molar-refractivity contribution in [1.29, 1.82) is 0 Å². The molecule has 0 saturated heterocycles. The van der Waals surface area contributed by atoms with Crippen LogP contribution in [-0.2, 0) is 9.53 Å². The van der Waals surface area contributed by atoms with Crippen LogP contribution in [0.2, 0.25) is 0 Å². The van der Waals surface area contributed by atoms with Crippen molar-refractivity contribution in [2.24, 2.45) is 0 Å². The highest BCUT2D eigenvalue weighted by Crippen LogP contribution is 2.39. The van der Waals surface area contributed by atoms with Gasteiger partial charge in [-0.3, -0.25) is 4.79 Å². The molecular weight excluding hydrogens is 268 g/mol. The minimum absolute atomic E-state index is 0.0497. The van der Waals surface area contributed by atoms with Gasteiger partial charge in [0.05, 0.1) is 0 Å². The maximum absolute atomic E-state index is 13.3. The Balaban J connectivity index is 2.81. The molecule has 1 N–H and O–H groups in total. The lowest BCUT2D eigenvalue weighted by molar-refractivity contribution is -0.131. The summed E-state index contributed by atoms with van der Waals surface area (Å²) in [4.78, 5) is 23.9. The van der Waals surface area contributed by atoms with Crippen LogP contribution in [0, 0.1) is 0 Å². The smallest absolute Gasteiger partial charge is 0.408 e. The van der Waals surface area contributed by atoms with Crippen molar-refractivity contribution in [3.8, 4) is 0 Å². The Kier molecular flexibility index (Phi) is 4.77. The summed E-state index contributed by atoms with van der Waals surface area (Å²) in [6.07, 6.45) is -1.42. The number of carbonyl (C=O) groups is 2. The maximum atomic E-state index is 13.3. The summed E-state index contributed by atoms with van der Waals surface area (Å²) in [5.74, 6) is -2.98. The van der Waals surface area contributed by atoms with E-state index in [4.69, 9.17) is 4.74 Å². The van der Waals surface area contributed by atoms with Crippen LogP contribution < -0.4 is 5.32 Å². The van der Waals surface area contributed by atoms with Crippen molar-refractivity contribution >= 4 is 11.9 Å². The van der Waals surface area contributed by atoms with E-state index in [1.54, 1.807) is 27.7 Å². The Morgan fingerprint density at radius 1 is 1.15 bits per heavy atom. The van der Waals surface area contributed by atoms with Crippen molar-refractivity contribution < 1.29 is 23.1 Å². The molecule has 1 rings (SSSR count). The number of alkyl halides is 2. The average Bonchev–Trinajstić information content (AvgIpc) is 2.29. The van der Waals surface area contributed by atoms with Crippen LogP contribution >= 0.6 is 0 Å². The average molecular weight is 291 g/mol. The van der Waals surface area contributed by atoms with E-state index in [-0.39, 0.29) is 25.0 Å². The van der Waals surface area contributed by atoms with E-state index < -0.39 is 36.0 Å². The number of carbonyl (C=O) groups excluding carboxylic acids is 2. The summed E-state index contributed by atoms with van der Waals surface area (Å²) in [5.41, 5.74) is -1.90. The molecule has 0 aliphatic heterocycles. The quantitative estimate of drug-likeness (QED) is 0.866. The molecule has 0 aromatic heterocycles. The minimum Gasteiger partial charge on any atom is -0.444 e. The molecule has 0 heterocycles. The van der Waals surface area contributed by atoms with Gasteiger partial charge in [0.1, 0.15) is 11.1 Å². The fourth-order valence-corrected chi connectivity index (χ4v) is 2.35. The van der Waals surface area contributed by atoms with Crippen LogP contribution in [0.3, 0.4) is 0 Å². The number of hydrogen-bond acceptors (Lipinski definition) is 3. The lowest BCUT2D eigenvalue weighted by atomic mass is 9.76. The number of alkyl carbamates (subject to hydrolysis) is 1. The van der Waals surface area contributed by atoms with Gasteiger partial charge in [0.2, 0.25) is 5.92 Å². The van der Waals surface area contributed by atoms with Crippen molar-refractivity contribution in [3.63, 3.8) is 0 Å². The van der Waals surface area contributed by atoms with E-state index in [9.17, 15) is 18.4 Å². The number of halogens is 2. The van der Waals surface area contributed by atoms with Crippen LogP contribution in [0.15, 0.2) is 0 Å². The maximum Gasteiger partial charge on any atom is 0.408 e. The van der Waals surface area contributed by atoms with Gasteiger partial charge in [-0.1, -0.05) is 6.92 Å². The fourth-order valence-electron chi connectivity index (χ4n) is 2.35. The predicted molar refractivity (Wildman–Crippen MR) is 70.8 cm³/mol. The topological polar surface area (TPSA) is 55.4 Å². The molecular formula is C14H23F2NO3. The number of ketones is 1. The molecule has 0 unspecified atom stereocenters. The third-order valence-electron chi connectivity index (χ3n) is 3.43. The van der Waals surface area contributed by atoms with Gasteiger partial charge in [-0.2, -0.15) is 0 Å². The molecule has 1 aliphatic carbocycles. The molecule has 0 aromatic carbocycles. The van der Waals surface area contributed by atoms with E-state index in [2.05, 4.69) is 5.32 Å². The second-order valence-electron chi connectivity index (χ2n) is 6.34. The standard InChI is InChI=1S/C14H23F2NO3/c1-5-10(18)13(6-8-14(15,16)9-7-13)17-11(19)20-12(2,3)4/h5-9H2,1-4H3,(H,17,19). The van der Waals surface area contributed by atoms with Crippen LogP contribution in [0.5, 0.6) is 0 Å². The summed E-state index contributed by atoms with van der Waals surface area (Å²) in [5, 5.41) is 2.53. The highest BCUT2D eigenvalue weighted by atomic mass is 19.3. The summed E-state index contributed by atoms with van der Waals surface area (Å²) >= 11 is 0. The number of amides is 1. The first-order valence-electron chi connectivity index (χ1n) is 6.92. The van der Waals surface area contributed by atoms with Crippen molar-refractivity contribution in [3.05, 3.63) is 0 Å². The van der Waals surface area contributed by atoms with E-state index in [0.29, 0.717) is 0 Å². The number of Topliss-reactive ketones (excluding diaryl/α,β-unsaturated/α-hetero) is 1. The summed E-state index contributed by atoms with van der Waals surface area (Å²) in [6, 6.07) is 0. The molecule has 20 heavy (non-hydrogen) atoms. The molecule has 4 nitrogen and oxygen atoms in total. The van der Waals surface area contributed by atoms with Gasteiger partial charge in [0.25, 0.3) is 0 Å². The molecule has 116 valence electrons. The lowest BCUT2D eigenvalue weighted by Crippen LogP contribution is -2.58. The first kappa shape index (κ1) is 16.9. The normalized spacial score (nSPS) is 21.1. The molecule has 1 amide bonds. The molecule has 1 fully saturated rings. The predicted octanol–water partition coefficient (Wildman–Crippen LogP) is 3.44. The van der Waals surface area contributed by atoms with E-state index >= 15 is 0 Å². The zero-order valence-electron chi connectivity index (χ0n) is 12.5. The van der Waals surface area contributed by atoms with E-state index in [1.807, 2.05) is 0 Å². The molecule has 0 bridgehead atoms. The summed E-state index contributed by atoms with van der Waals surface area (Å²) < 4.78 is 31.7. The molecule has 1 saturated carbocycles. The Bertz CT molecular complexity index is 378. The second-order valence-corrected chi connectivity index (χ2v) is 6.34. The van der Waals surface area contributed by atoms with E-state index in [1.165, 1.54) is 0 Å². The van der Waals surface area contributed by atoms with Gasteiger partial charge in [-0.25, -0.2) is 13.6 Å². The van der Waals surface area contributed by atoms with Crippen LogP contribution in [-0.4, -0.2) is 28.9 Å². The highest BCUT2D eigenvalue weighted by molar-refractivity contribution is 5.91. The Morgan fingerprint density at radius 3 is 2.05 bits per heavy atom. The van der Waals surface area contributed by atoms with Gasteiger partial charge >= 0.3 is 6.09 Å². The number of rotatable bonds is 3. The van der Waals surface area contributed by atoms with E-state index in [0.717, 1.165) is 0 Å². The van der Waals surface area contributed by atoms with Crippen LogP contribution in [0.1, 0.15) is 59.8 Å². The van der Waals surface area contributed by atoms with Gasteiger partial charge in [-0.15, -0.1) is 0 Å². The Morgan fingerprint density at radius 2 is 1.65 bits per heavy atom. The minimum atomic E-state index is -2.76. The summed E-state index contributed by atoms with van der Waals surface area (Å²) in [6.45, 7) is 6.77. The monoisotopic (exact) mass is 291 g/mol. The Hall–Kier alpha value is -1.20. The van der Waals surface area contributed by atoms with Crippen molar-refractivity contribution in [1.82, 2.24) is 5.32 Å². The lowest BCUT2D eigenvalue weighted by Gasteiger charge is -2.39. The van der Waals surface area contributed by atoms with Gasteiger partial charge in [-0.05, 0) is 33.6 Å². The zero-order chi connectivity index (χ0) is 15.6. The highest BCUT2D eigenvalue weighted by Gasteiger charge is 2.48. The summed E-state index contributed by atoms with van der Waals surface area (Å²) in [7, 11) is 0. The molecule has 0 spiro atoms. The van der Waals surface area contributed by atoms with Crippen LogP contribution in [0.25, 0.3) is 0 Å². The van der Waals surface area contributed by atoms with Crippen molar-refractivity contribution in [2.75, 3.05) is 0 Å².